The zero-order valence-electron chi connectivity index (χ0n) is 15.5. The molecule has 7 heteroatoms. The summed E-state index contributed by atoms with van der Waals surface area (Å²) in [6.45, 7) is 7.25. The summed E-state index contributed by atoms with van der Waals surface area (Å²) in [5.41, 5.74) is 3.26. The fourth-order valence-corrected chi connectivity index (χ4v) is 4.94. The lowest BCUT2D eigenvalue weighted by molar-refractivity contribution is -0.130. The molecule has 3 heterocycles. The number of piperazine rings is 1. The lowest BCUT2D eigenvalue weighted by Crippen LogP contribution is -2.49. The molecule has 1 amide bonds. The first-order valence-corrected chi connectivity index (χ1v) is 10.8. The minimum atomic E-state index is 0.186. The molecular formula is C20H22N4OS2. The molecule has 1 aliphatic rings. The molecule has 3 aromatic rings. The first-order valence-electron chi connectivity index (χ1n) is 9.06. The number of hydrogen-bond donors (Lipinski definition) is 0. The zero-order chi connectivity index (χ0) is 18.8. The molecule has 0 aliphatic carbocycles. The fraction of sp³-hybridized carbons (Fsp3) is 0.350. The van der Waals surface area contributed by atoms with Crippen LogP contribution in [0.1, 0.15) is 15.4 Å². The van der Waals surface area contributed by atoms with Gasteiger partial charge in [-0.3, -0.25) is 4.79 Å². The number of anilines is 1. The molecule has 1 aliphatic heterocycles. The Kier molecular flexibility index (Phi) is 5.22. The molecule has 27 heavy (non-hydrogen) atoms. The summed E-state index contributed by atoms with van der Waals surface area (Å²) < 4.78 is 0. The molecule has 1 aromatic carbocycles. The predicted molar refractivity (Wildman–Crippen MR) is 112 cm³/mol. The SMILES string of the molecule is Cc1ccc(-c2nc(C)sc2CC(=O)N2CCN(c3nccs3)CC2)cc1. The van der Waals surface area contributed by atoms with Crippen molar-refractivity contribution < 1.29 is 4.79 Å². The molecule has 0 saturated carbocycles. The number of amides is 1. The number of carbonyl (C=O) groups excluding carboxylic acids is 1. The molecule has 4 rings (SSSR count). The standard InChI is InChI=1S/C20H22N4OS2/c1-14-3-5-16(6-4-14)19-17(27-15(2)22-19)13-18(25)23-8-10-24(11-9-23)20-21-7-12-26-20/h3-7,12H,8-11,13H2,1-2H3. The predicted octanol–water partition coefficient (Wildman–Crippen LogP) is 3.77. The second-order valence-electron chi connectivity index (χ2n) is 6.73. The lowest BCUT2D eigenvalue weighted by Gasteiger charge is -2.34. The van der Waals surface area contributed by atoms with E-state index in [-0.39, 0.29) is 5.91 Å². The Morgan fingerprint density at radius 1 is 1.11 bits per heavy atom. The highest BCUT2D eigenvalue weighted by Gasteiger charge is 2.24. The molecular weight excluding hydrogens is 376 g/mol. The van der Waals surface area contributed by atoms with Crippen LogP contribution in [-0.2, 0) is 11.2 Å². The van der Waals surface area contributed by atoms with Gasteiger partial charge < -0.3 is 9.80 Å². The van der Waals surface area contributed by atoms with Crippen LogP contribution < -0.4 is 4.90 Å². The fourth-order valence-electron chi connectivity index (χ4n) is 3.29. The van der Waals surface area contributed by atoms with Gasteiger partial charge in [-0.1, -0.05) is 29.8 Å². The van der Waals surface area contributed by atoms with Crippen LogP contribution in [0.4, 0.5) is 5.13 Å². The molecule has 2 aromatic heterocycles. The van der Waals surface area contributed by atoms with Crippen molar-refractivity contribution >= 4 is 33.7 Å². The van der Waals surface area contributed by atoms with Gasteiger partial charge in [0.25, 0.3) is 0 Å². The van der Waals surface area contributed by atoms with Crippen molar-refractivity contribution in [1.29, 1.82) is 0 Å². The highest BCUT2D eigenvalue weighted by Crippen LogP contribution is 2.29. The third kappa shape index (κ3) is 4.04. The van der Waals surface area contributed by atoms with Crippen molar-refractivity contribution in [1.82, 2.24) is 14.9 Å². The highest BCUT2D eigenvalue weighted by atomic mass is 32.1. The number of thiazole rings is 2. The van der Waals surface area contributed by atoms with Gasteiger partial charge >= 0.3 is 0 Å². The molecule has 0 spiro atoms. The van der Waals surface area contributed by atoms with Crippen LogP contribution >= 0.6 is 22.7 Å². The van der Waals surface area contributed by atoms with E-state index in [4.69, 9.17) is 0 Å². The van der Waals surface area contributed by atoms with E-state index >= 15 is 0 Å². The topological polar surface area (TPSA) is 49.3 Å². The molecule has 0 atom stereocenters. The molecule has 5 nitrogen and oxygen atoms in total. The summed E-state index contributed by atoms with van der Waals surface area (Å²) in [5, 5.41) is 4.04. The Labute approximate surface area is 167 Å². The number of benzene rings is 1. The quantitative estimate of drug-likeness (QED) is 0.671. The minimum Gasteiger partial charge on any atom is -0.345 e. The summed E-state index contributed by atoms with van der Waals surface area (Å²) in [7, 11) is 0. The Bertz CT molecular complexity index is 910. The molecule has 1 saturated heterocycles. The summed E-state index contributed by atoms with van der Waals surface area (Å²) >= 11 is 3.28. The van der Waals surface area contributed by atoms with E-state index < -0.39 is 0 Å². The lowest BCUT2D eigenvalue weighted by atomic mass is 10.1. The van der Waals surface area contributed by atoms with Gasteiger partial charge in [0, 0.05) is 48.2 Å². The Hall–Kier alpha value is -2.25. The molecule has 0 unspecified atom stereocenters. The van der Waals surface area contributed by atoms with Crippen LogP contribution in [0, 0.1) is 13.8 Å². The van der Waals surface area contributed by atoms with E-state index in [1.54, 1.807) is 22.7 Å². The van der Waals surface area contributed by atoms with E-state index in [0.717, 1.165) is 52.5 Å². The van der Waals surface area contributed by atoms with E-state index in [1.165, 1.54) is 5.56 Å². The van der Waals surface area contributed by atoms with E-state index in [9.17, 15) is 4.79 Å². The number of aromatic nitrogens is 2. The first-order chi connectivity index (χ1) is 13.1. The largest absolute Gasteiger partial charge is 0.345 e. The molecule has 0 N–H and O–H groups in total. The summed E-state index contributed by atoms with van der Waals surface area (Å²) in [4.78, 5) is 27.2. The van der Waals surface area contributed by atoms with Gasteiger partial charge in [-0.25, -0.2) is 9.97 Å². The van der Waals surface area contributed by atoms with Gasteiger partial charge in [-0.2, -0.15) is 0 Å². The van der Waals surface area contributed by atoms with Crippen molar-refractivity contribution in [2.24, 2.45) is 0 Å². The number of hydrogen-bond acceptors (Lipinski definition) is 6. The van der Waals surface area contributed by atoms with Crippen molar-refractivity contribution in [3.63, 3.8) is 0 Å². The smallest absolute Gasteiger partial charge is 0.228 e. The number of carbonyl (C=O) groups is 1. The molecule has 0 radical (unpaired) electrons. The van der Waals surface area contributed by atoms with Gasteiger partial charge in [0.1, 0.15) is 0 Å². The van der Waals surface area contributed by atoms with E-state index in [2.05, 4.69) is 46.1 Å². The van der Waals surface area contributed by atoms with Crippen molar-refractivity contribution in [2.45, 2.75) is 20.3 Å². The molecule has 0 bridgehead atoms. The van der Waals surface area contributed by atoms with Gasteiger partial charge in [-0.15, -0.1) is 22.7 Å². The van der Waals surface area contributed by atoms with E-state index in [0.29, 0.717) is 6.42 Å². The number of nitrogens with zero attached hydrogens (tertiary/aromatic N) is 4. The third-order valence-electron chi connectivity index (χ3n) is 4.76. The Balaban J connectivity index is 1.44. The maximum atomic E-state index is 12.9. The number of aryl methyl sites for hydroxylation is 2. The average molecular weight is 399 g/mol. The summed E-state index contributed by atoms with van der Waals surface area (Å²) in [5.74, 6) is 0.186. The summed E-state index contributed by atoms with van der Waals surface area (Å²) in [6.07, 6.45) is 2.25. The van der Waals surface area contributed by atoms with Crippen molar-refractivity contribution in [3.8, 4) is 11.3 Å². The normalized spacial score (nSPS) is 14.6. The number of rotatable bonds is 4. The minimum absolute atomic E-state index is 0.186. The van der Waals surface area contributed by atoms with Gasteiger partial charge in [0.05, 0.1) is 17.1 Å². The first kappa shape index (κ1) is 18.1. The highest BCUT2D eigenvalue weighted by molar-refractivity contribution is 7.13. The molecule has 1 fully saturated rings. The maximum absolute atomic E-state index is 12.9. The van der Waals surface area contributed by atoms with Crippen molar-refractivity contribution in [2.75, 3.05) is 31.1 Å². The Morgan fingerprint density at radius 2 is 1.85 bits per heavy atom. The average Bonchev–Trinajstić information content (AvgIpc) is 3.33. The molecule has 140 valence electrons. The second-order valence-corrected chi connectivity index (χ2v) is 8.89. The maximum Gasteiger partial charge on any atom is 0.228 e. The van der Waals surface area contributed by atoms with Crippen LogP contribution in [0.15, 0.2) is 35.8 Å². The monoisotopic (exact) mass is 398 g/mol. The van der Waals surface area contributed by atoms with Gasteiger partial charge in [0.15, 0.2) is 5.13 Å². The van der Waals surface area contributed by atoms with Crippen LogP contribution in [0.3, 0.4) is 0 Å². The van der Waals surface area contributed by atoms with Crippen LogP contribution in [0.25, 0.3) is 11.3 Å². The Morgan fingerprint density at radius 3 is 2.52 bits per heavy atom. The van der Waals surface area contributed by atoms with Crippen LogP contribution in [-0.4, -0.2) is 47.0 Å². The van der Waals surface area contributed by atoms with Crippen molar-refractivity contribution in [3.05, 3.63) is 51.3 Å². The van der Waals surface area contributed by atoms with Crippen LogP contribution in [0.2, 0.25) is 0 Å². The second kappa shape index (κ2) is 7.78. The third-order valence-corrected chi connectivity index (χ3v) is 6.57. The zero-order valence-corrected chi connectivity index (χ0v) is 17.1. The van der Waals surface area contributed by atoms with Gasteiger partial charge in [0.2, 0.25) is 5.91 Å². The van der Waals surface area contributed by atoms with Crippen LogP contribution in [0.5, 0.6) is 0 Å². The van der Waals surface area contributed by atoms with Gasteiger partial charge in [-0.05, 0) is 13.8 Å². The van der Waals surface area contributed by atoms with E-state index in [1.807, 2.05) is 23.4 Å². The summed E-state index contributed by atoms with van der Waals surface area (Å²) in [6, 6.07) is 8.36.